The number of nitrogens with one attached hydrogen (secondary N) is 1. The van der Waals surface area contributed by atoms with Gasteiger partial charge in [-0.05, 0) is 43.1 Å². The Morgan fingerprint density at radius 3 is 2.45 bits per heavy atom. The van der Waals surface area contributed by atoms with Crippen molar-refractivity contribution < 1.29 is 29.6 Å². The summed E-state index contributed by atoms with van der Waals surface area (Å²) in [6.45, 7) is 7.91. The van der Waals surface area contributed by atoms with Crippen molar-refractivity contribution in [1.29, 1.82) is 0 Å². The summed E-state index contributed by atoms with van der Waals surface area (Å²) in [5.41, 5.74) is 0. The van der Waals surface area contributed by atoms with E-state index in [2.05, 4.69) is 33.4 Å². The number of unbranched alkanes of at least 4 members (excludes halogenated alkanes) is 5. The number of hydrogen-bond acceptors (Lipinski definition) is 5. The van der Waals surface area contributed by atoms with Crippen molar-refractivity contribution in [3.05, 3.63) is 17.4 Å². The second-order valence-electron chi connectivity index (χ2n) is 5.09. The molecule has 1 aromatic rings. The molecule has 4 nitrogen and oxygen atoms in total. The third-order valence-corrected chi connectivity index (χ3v) is 3.66. The SMILES string of the molecule is C=CCCCCN(CCCCCC)c1nc(=S)nc([S-])[nH]1.[Na+]. The summed E-state index contributed by atoms with van der Waals surface area (Å²) in [6, 6.07) is 0. The van der Waals surface area contributed by atoms with Gasteiger partial charge in [-0.25, -0.2) is 4.98 Å². The first kappa shape index (κ1) is 22.0. The van der Waals surface area contributed by atoms with Crippen LogP contribution in [0.1, 0.15) is 51.9 Å². The maximum Gasteiger partial charge on any atom is 1.00 e. The fraction of sp³-hybridized carbons (Fsp3) is 0.667. The molecular weight excluding hydrogens is 323 g/mol. The molecule has 0 saturated carbocycles. The Morgan fingerprint density at radius 2 is 1.86 bits per heavy atom. The smallest absolute Gasteiger partial charge is 0.742 e. The molecule has 0 aliphatic carbocycles. The van der Waals surface area contributed by atoms with E-state index in [4.69, 9.17) is 24.8 Å². The van der Waals surface area contributed by atoms with E-state index in [9.17, 15) is 0 Å². The van der Waals surface area contributed by atoms with E-state index in [0.29, 0.717) is 9.93 Å². The quantitative estimate of drug-likeness (QED) is 0.214. The Bertz CT molecular complexity index is 479. The predicted molar refractivity (Wildman–Crippen MR) is 93.3 cm³/mol. The van der Waals surface area contributed by atoms with Crippen molar-refractivity contribution in [3.8, 4) is 0 Å². The Morgan fingerprint density at radius 1 is 1.18 bits per heavy atom. The van der Waals surface area contributed by atoms with Gasteiger partial charge in [0, 0.05) is 13.1 Å². The summed E-state index contributed by atoms with van der Waals surface area (Å²) >= 11 is 10.2. The maximum absolute atomic E-state index is 5.10. The minimum Gasteiger partial charge on any atom is -0.742 e. The fourth-order valence-electron chi connectivity index (χ4n) is 2.15. The van der Waals surface area contributed by atoms with Gasteiger partial charge in [0.25, 0.3) is 0 Å². The van der Waals surface area contributed by atoms with Gasteiger partial charge in [-0.3, -0.25) is 0 Å². The molecule has 0 amide bonds. The minimum absolute atomic E-state index is 0. The molecule has 7 heteroatoms. The van der Waals surface area contributed by atoms with Gasteiger partial charge < -0.3 is 22.5 Å². The third kappa shape index (κ3) is 9.20. The Kier molecular flexibility index (Phi) is 13.4. The molecule has 0 atom stereocenters. The van der Waals surface area contributed by atoms with Crippen molar-refractivity contribution in [2.24, 2.45) is 0 Å². The molecule has 0 aliphatic heterocycles. The Hall–Kier alpha value is -0.0100. The summed E-state index contributed by atoms with van der Waals surface area (Å²) < 4.78 is 0.318. The number of H-pyrrole nitrogens is 1. The van der Waals surface area contributed by atoms with E-state index in [1.165, 1.54) is 19.3 Å². The van der Waals surface area contributed by atoms with Crippen LogP contribution in [0.15, 0.2) is 17.8 Å². The van der Waals surface area contributed by atoms with Crippen LogP contribution in [0.2, 0.25) is 0 Å². The van der Waals surface area contributed by atoms with Crippen molar-refractivity contribution in [3.63, 3.8) is 0 Å². The van der Waals surface area contributed by atoms with Gasteiger partial charge in [0.1, 0.15) is 0 Å². The molecule has 0 spiro atoms. The van der Waals surface area contributed by atoms with E-state index < -0.39 is 0 Å². The second-order valence-corrected chi connectivity index (χ2v) is 5.84. The summed E-state index contributed by atoms with van der Waals surface area (Å²) in [4.78, 5) is 13.6. The predicted octanol–water partition coefficient (Wildman–Crippen LogP) is 1.19. The summed E-state index contributed by atoms with van der Waals surface area (Å²) in [7, 11) is 0. The summed E-state index contributed by atoms with van der Waals surface area (Å²) in [5, 5.41) is 0.412. The molecule has 0 fully saturated rings. The number of anilines is 1. The van der Waals surface area contributed by atoms with E-state index in [0.717, 1.165) is 44.7 Å². The molecule has 0 radical (unpaired) electrons. The summed E-state index contributed by atoms with van der Waals surface area (Å²) in [5.74, 6) is 0.759. The van der Waals surface area contributed by atoms with Crippen LogP contribution >= 0.6 is 12.2 Å². The molecule has 1 rings (SSSR count). The number of aromatic amines is 1. The van der Waals surface area contributed by atoms with Crippen molar-refractivity contribution in [2.75, 3.05) is 18.0 Å². The second kappa shape index (κ2) is 13.4. The Labute approximate surface area is 166 Å². The largest absolute Gasteiger partial charge is 1.00 e. The topological polar surface area (TPSA) is 44.8 Å². The molecule has 1 N–H and O–H groups in total. The Balaban J connectivity index is 0.00000441. The van der Waals surface area contributed by atoms with Gasteiger partial charge in [0.2, 0.25) is 10.7 Å². The zero-order valence-electron chi connectivity index (χ0n) is 13.8. The normalized spacial score (nSPS) is 10.0. The first-order chi connectivity index (χ1) is 10.2. The number of aromatic nitrogens is 3. The van der Waals surface area contributed by atoms with Crippen LogP contribution < -0.4 is 34.5 Å². The van der Waals surface area contributed by atoms with Gasteiger partial charge in [-0.1, -0.05) is 32.3 Å². The van der Waals surface area contributed by atoms with Gasteiger partial charge in [-0.2, -0.15) is 4.98 Å². The van der Waals surface area contributed by atoms with Crippen LogP contribution in [0.4, 0.5) is 5.95 Å². The first-order valence-corrected chi connectivity index (χ1v) is 8.50. The van der Waals surface area contributed by atoms with Crippen LogP contribution in [0.3, 0.4) is 0 Å². The molecule has 118 valence electrons. The van der Waals surface area contributed by atoms with Gasteiger partial charge in [0.15, 0.2) is 0 Å². The number of hydrogen-bond donors (Lipinski definition) is 1. The zero-order valence-corrected chi connectivity index (χ0v) is 17.4. The van der Waals surface area contributed by atoms with Crippen molar-refractivity contribution in [1.82, 2.24) is 15.0 Å². The first-order valence-electron chi connectivity index (χ1n) is 7.68. The van der Waals surface area contributed by atoms with Crippen LogP contribution in [-0.2, 0) is 12.6 Å². The third-order valence-electron chi connectivity index (χ3n) is 3.28. The van der Waals surface area contributed by atoms with Crippen LogP contribution in [0.25, 0.3) is 0 Å². The van der Waals surface area contributed by atoms with Crippen LogP contribution in [0, 0.1) is 4.77 Å². The van der Waals surface area contributed by atoms with Gasteiger partial charge >= 0.3 is 29.6 Å². The number of allylic oxidation sites excluding steroid dienone is 1. The standard InChI is InChI=1S/C15H26N4S2.Na/c1-3-5-7-9-11-19(12-10-8-6-4-2)13-16-14(20)18-15(21)17-13;/h3H,1,4-12H2,2H3,(H2,16,17,18,20,21);/q;+1/p-1. The zero-order chi connectivity index (χ0) is 15.5. The molecule has 0 aromatic carbocycles. The fourth-order valence-corrected chi connectivity index (χ4v) is 2.56. The molecule has 1 aromatic heterocycles. The van der Waals surface area contributed by atoms with Gasteiger partial charge in [-0.15, -0.1) is 6.58 Å². The number of rotatable bonds is 11. The van der Waals surface area contributed by atoms with E-state index in [1.807, 2.05) is 6.08 Å². The van der Waals surface area contributed by atoms with Crippen LogP contribution in [0.5, 0.6) is 0 Å². The molecule has 0 bridgehead atoms. The molecule has 1 heterocycles. The van der Waals surface area contributed by atoms with Gasteiger partial charge in [0.05, 0.1) is 0 Å². The monoisotopic (exact) mass is 348 g/mol. The average Bonchev–Trinajstić information content (AvgIpc) is 2.44. The maximum atomic E-state index is 5.10. The average molecular weight is 349 g/mol. The van der Waals surface area contributed by atoms with Crippen molar-refractivity contribution >= 4 is 30.8 Å². The van der Waals surface area contributed by atoms with E-state index in [-0.39, 0.29) is 29.6 Å². The molecule has 0 unspecified atom stereocenters. The van der Waals surface area contributed by atoms with E-state index in [1.54, 1.807) is 0 Å². The summed E-state index contributed by atoms with van der Waals surface area (Å²) in [6.07, 6.45) is 10.2. The van der Waals surface area contributed by atoms with E-state index >= 15 is 0 Å². The molecule has 22 heavy (non-hydrogen) atoms. The molecule has 0 aliphatic rings. The number of nitrogens with zero attached hydrogens (tertiary/aromatic N) is 3. The molecule has 0 saturated heterocycles. The molecular formula is C15H25N4NaS2. The minimum atomic E-state index is 0. The van der Waals surface area contributed by atoms with Crippen LogP contribution in [-0.4, -0.2) is 28.0 Å². The van der Waals surface area contributed by atoms with Crippen molar-refractivity contribution in [2.45, 2.75) is 57.0 Å².